The van der Waals surface area contributed by atoms with Crippen LogP contribution < -0.4 is 11.1 Å². The zero-order valence-corrected chi connectivity index (χ0v) is 8.72. The maximum Gasteiger partial charge on any atom is 0.0125 e. The van der Waals surface area contributed by atoms with E-state index in [9.17, 15) is 0 Å². The summed E-state index contributed by atoms with van der Waals surface area (Å²) in [6, 6.07) is 1.04. The third-order valence-electron chi connectivity index (χ3n) is 3.10. The Kier molecular flexibility index (Phi) is 2.79. The minimum Gasteiger partial charge on any atom is -0.328 e. The summed E-state index contributed by atoms with van der Waals surface area (Å²) in [4.78, 5) is 0. The summed E-state index contributed by atoms with van der Waals surface area (Å²) < 4.78 is 0. The van der Waals surface area contributed by atoms with Crippen molar-refractivity contribution in [3.8, 4) is 0 Å². The van der Waals surface area contributed by atoms with Crippen molar-refractivity contribution in [2.45, 2.75) is 46.2 Å². The van der Waals surface area contributed by atoms with E-state index in [1.807, 2.05) is 0 Å². The van der Waals surface area contributed by atoms with Crippen molar-refractivity contribution in [3.63, 3.8) is 0 Å². The van der Waals surface area contributed by atoms with E-state index in [0.717, 1.165) is 12.6 Å². The Hall–Kier alpha value is -0.0800. The highest BCUT2D eigenvalue weighted by molar-refractivity contribution is 5.01. The average molecular weight is 170 g/mol. The second-order valence-electron chi connectivity index (χ2n) is 4.99. The molecule has 3 unspecified atom stereocenters. The molecular weight excluding hydrogens is 148 g/mol. The molecule has 0 aromatic carbocycles. The van der Waals surface area contributed by atoms with Crippen LogP contribution in [0.5, 0.6) is 0 Å². The first-order valence-electron chi connectivity index (χ1n) is 4.92. The van der Waals surface area contributed by atoms with Gasteiger partial charge in [-0.1, -0.05) is 20.8 Å². The van der Waals surface area contributed by atoms with Gasteiger partial charge in [0.25, 0.3) is 0 Å². The first kappa shape index (κ1) is 10.0. The predicted molar refractivity (Wildman–Crippen MR) is 53.0 cm³/mol. The Morgan fingerprint density at radius 3 is 2.33 bits per heavy atom. The lowest BCUT2D eigenvalue weighted by molar-refractivity contribution is 0.425. The molecule has 2 heteroatoms. The summed E-state index contributed by atoms with van der Waals surface area (Å²) in [5.41, 5.74) is 6.31. The number of nitrogens with one attached hydrogen (secondary N) is 1. The van der Waals surface area contributed by atoms with Crippen LogP contribution in [0.3, 0.4) is 0 Å². The summed E-state index contributed by atoms with van der Waals surface area (Å²) in [6.45, 7) is 9.95. The fraction of sp³-hybridized carbons (Fsp3) is 1.00. The standard InChI is InChI=1S/C10H22N2/c1-7(8(2)11)6-12-9-5-10(9,3)4/h7-9,12H,5-6,11H2,1-4H3. The van der Waals surface area contributed by atoms with Crippen LogP contribution in [0.15, 0.2) is 0 Å². The van der Waals surface area contributed by atoms with Gasteiger partial charge in [0, 0.05) is 12.1 Å². The SMILES string of the molecule is CC(N)C(C)CNC1CC1(C)C. The summed E-state index contributed by atoms with van der Waals surface area (Å²) >= 11 is 0. The third-order valence-corrected chi connectivity index (χ3v) is 3.10. The van der Waals surface area contributed by atoms with Gasteiger partial charge in [-0.2, -0.15) is 0 Å². The predicted octanol–water partition coefficient (Wildman–Crippen LogP) is 1.36. The molecule has 3 N–H and O–H groups in total. The minimum atomic E-state index is 0.305. The van der Waals surface area contributed by atoms with Crippen LogP contribution in [0.1, 0.15) is 34.1 Å². The fourth-order valence-corrected chi connectivity index (χ4v) is 1.33. The largest absolute Gasteiger partial charge is 0.328 e. The molecule has 2 nitrogen and oxygen atoms in total. The molecule has 0 heterocycles. The van der Waals surface area contributed by atoms with Crippen LogP contribution in [0.2, 0.25) is 0 Å². The van der Waals surface area contributed by atoms with Crippen molar-refractivity contribution in [1.29, 1.82) is 0 Å². The summed E-state index contributed by atoms with van der Waals surface area (Å²) in [5.74, 6) is 0.585. The van der Waals surface area contributed by atoms with Gasteiger partial charge in [-0.25, -0.2) is 0 Å². The molecule has 3 atom stereocenters. The van der Waals surface area contributed by atoms with E-state index in [4.69, 9.17) is 5.73 Å². The van der Waals surface area contributed by atoms with Crippen LogP contribution in [0.4, 0.5) is 0 Å². The maximum atomic E-state index is 5.77. The summed E-state index contributed by atoms with van der Waals surface area (Å²) in [7, 11) is 0. The highest BCUT2D eigenvalue weighted by Crippen LogP contribution is 2.44. The monoisotopic (exact) mass is 170 g/mol. The molecule has 1 rings (SSSR count). The first-order chi connectivity index (χ1) is 5.43. The van der Waals surface area contributed by atoms with Crippen molar-refractivity contribution >= 4 is 0 Å². The van der Waals surface area contributed by atoms with Crippen molar-refractivity contribution in [1.82, 2.24) is 5.32 Å². The summed E-state index contributed by atoms with van der Waals surface area (Å²) in [5, 5.41) is 3.55. The topological polar surface area (TPSA) is 38.0 Å². The molecular formula is C10H22N2. The molecule has 0 aliphatic heterocycles. The van der Waals surface area contributed by atoms with Crippen molar-refractivity contribution in [2.24, 2.45) is 17.1 Å². The van der Waals surface area contributed by atoms with Gasteiger partial charge < -0.3 is 11.1 Å². The van der Waals surface area contributed by atoms with Crippen LogP contribution in [-0.4, -0.2) is 18.6 Å². The fourth-order valence-electron chi connectivity index (χ4n) is 1.33. The number of rotatable bonds is 4. The third kappa shape index (κ3) is 2.46. The van der Waals surface area contributed by atoms with Crippen molar-refractivity contribution < 1.29 is 0 Å². The molecule has 0 aromatic rings. The number of hydrogen-bond acceptors (Lipinski definition) is 2. The van der Waals surface area contributed by atoms with Crippen molar-refractivity contribution in [3.05, 3.63) is 0 Å². The van der Waals surface area contributed by atoms with Crippen LogP contribution >= 0.6 is 0 Å². The van der Waals surface area contributed by atoms with E-state index in [1.54, 1.807) is 0 Å². The molecule has 0 bridgehead atoms. The van der Waals surface area contributed by atoms with Gasteiger partial charge in [0.15, 0.2) is 0 Å². The van der Waals surface area contributed by atoms with Crippen LogP contribution in [-0.2, 0) is 0 Å². The smallest absolute Gasteiger partial charge is 0.0125 e. The molecule has 0 spiro atoms. The lowest BCUT2D eigenvalue weighted by Crippen LogP contribution is -2.35. The van der Waals surface area contributed by atoms with Gasteiger partial charge in [0.2, 0.25) is 0 Å². The zero-order valence-electron chi connectivity index (χ0n) is 8.72. The van der Waals surface area contributed by atoms with E-state index in [-0.39, 0.29) is 0 Å². The lowest BCUT2D eigenvalue weighted by Gasteiger charge is -2.16. The van der Waals surface area contributed by atoms with E-state index in [1.165, 1.54) is 6.42 Å². The molecule has 1 saturated carbocycles. The molecule has 1 aliphatic rings. The molecule has 0 saturated heterocycles. The lowest BCUT2D eigenvalue weighted by atomic mass is 10.0. The number of hydrogen-bond donors (Lipinski definition) is 2. The van der Waals surface area contributed by atoms with Gasteiger partial charge >= 0.3 is 0 Å². The molecule has 1 aliphatic carbocycles. The van der Waals surface area contributed by atoms with E-state index in [0.29, 0.717) is 17.4 Å². The first-order valence-corrected chi connectivity index (χ1v) is 4.92. The highest BCUT2D eigenvalue weighted by Gasteiger charge is 2.45. The normalized spacial score (nSPS) is 31.2. The Balaban J connectivity index is 2.11. The Morgan fingerprint density at radius 1 is 1.50 bits per heavy atom. The van der Waals surface area contributed by atoms with Gasteiger partial charge in [0.05, 0.1) is 0 Å². The van der Waals surface area contributed by atoms with Gasteiger partial charge in [-0.3, -0.25) is 0 Å². The molecule has 72 valence electrons. The minimum absolute atomic E-state index is 0.305. The quantitative estimate of drug-likeness (QED) is 0.668. The second-order valence-corrected chi connectivity index (χ2v) is 4.99. The van der Waals surface area contributed by atoms with E-state index < -0.39 is 0 Å². The van der Waals surface area contributed by atoms with Gasteiger partial charge in [-0.15, -0.1) is 0 Å². The molecule has 1 fully saturated rings. The second kappa shape index (κ2) is 3.35. The maximum absolute atomic E-state index is 5.77. The molecule has 0 amide bonds. The zero-order chi connectivity index (χ0) is 9.35. The average Bonchev–Trinajstić information content (AvgIpc) is 2.54. The van der Waals surface area contributed by atoms with Crippen LogP contribution in [0.25, 0.3) is 0 Å². The summed E-state index contributed by atoms with van der Waals surface area (Å²) in [6.07, 6.45) is 1.32. The molecule has 0 aromatic heterocycles. The Labute approximate surface area is 75.9 Å². The Morgan fingerprint density at radius 2 is 2.00 bits per heavy atom. The van der Waals surface area contributed by atoms with E-state index >= 15 is 0 Å². The van der Waals surface area contributed by atoms with Crippen LogP contribution in [0, 0.1) is 11.3 Å². The van der Waals surface area contributed by atoms with E-state index in [2.05, 4.69) is 33.0 Å². The number of nitrogens with two attached hydrogens (primary N) is 1. The molecule has 0 radical (unpaired) electrons. The van der Waals surface area contributed by atoms with Gasteiger partial charge in [0.1, 0.15) is 0 Å². The van der Waals surface area contributed by atoms with Gasteiger partial charge in [-0.05, 0) is 31.2 Å². The molecule has 12 heavy (non-hydrogen) atoms. The Bertz CT molecular complexity index is 150. The highest BCUT2D eigenvalue weighted by atomic mass is 15.0. The van der Waals surface area contributed by atoms with Crippen molar-refractivity contribution in [2.75, 3.05) is 6.54 Å².